The molecule has 0 bridgehead atoms. The third-order valence-corrected chi connectivity index (χ3v) is 1.88. The van der Waals surface area contributed by atoms with Crippen LogP contribution in [0.3, 0.4) is 0 Å². The monoisotopic (exact) mass is 158 g/mol. The lowest BCUT2D eigenvalue weighted by molar-refractivity contribution is -0.0597. The third-order valence-electron chi connectivity index (χ3n) is 1.88. The maximum Gasteiger partial charge on any atom is 0.0607 e. The van der Waals surface area contributed by atoms with Crippen molar-refractivity contribution in [1.29, 1.82) is 0 Å². The molecule has 1 aliphatic carbocycles. The molecule has 0 spiro atoms. The van der Waals surface area contributed by atoms with Gasteiger partial charge in [-0.05, 0) is 40.0 Å². The van der Waals surface area contributed by atoms with Gasteiger partial charge < -0.3 is 9.84 Å². The Morgan fingerprint density at radius 1 is 1.27 bits per heavy atom. The molecule has 0 aromatic carbocycles. The Balaban J connectivity index is 2.29. The molecule has 2 nitrogen and oxygen atoms in total. The van der Waals surface area contributed by atoms with Crippen molar-refractivity contribution in [3.63, 3.8) is 0 Å². The van der Waals surface area contributed by atoms with Crippen LogP contribution in [0.5, 0.6) is 0 Å². The van der Waals surface area contributed by atoms with Gasteiger partial charge in [-0.2, -0.15) is 0 Å². The highest BCUT2D eigenvalue weighted by Gasteiger charge is 2.26. The molecule has 0 aromatic heterocycles. The molecule has 1 saturated carbocycles. The summed E-state index contributed by atoms with van der Waals surface area (Å²) >= 11 is 0. The summed E-state index contributed by atoms with van der Waals surface area (Å²) in [5.74, 6) is 0. The van der Waals surface area contributed by atoms with Crippen LogP contribution >= 0.6 is 0 Å². The van der Waals surface area contributed by atoms with Gasteiger partial charge in [0.15, 0.2) is 0 Å². The second-order valence-corrected chi connectivity index (χ2v) is 4.32. The topological polar surface area (TPSA) is 29.5 Å². The van der Waals surface area contributed by atoms with Crippen molar-refractivity contribution in [3.05, 3.63) is 0 Å². The lowest BCUT2D eigenvalue weighted by Crippen LogP contribution is -2.26. The van der Waals surface area contributed by atoms with Crippen LogP contribution in [0.25, 0.3) is 0 Å². The van der Waals surface area contributed by atoms with Crippen molar-refractivity contribution in [2.75, 3.05) is 0 Å². The van der Waals surface area contributed by atoms with Crippen LogP contribution in [0.2, 0.25) is 0 Å². The van der Waals surface area contributed by atoms with Crippen molar-refractivity contribution >= 4 is 0 Å². The molecule has 2 unspecified atom stereocenters. The van der Waals surface area contributed by atoms with E-state index in [1.54, 1.807) is 0 Å². The van der Waals surface area contributed by atoms with Gasteiger partial charge in [0.1, 0.15) is 0 Å². The largest absolute Gasteiger partial charge is 0.393 e. The van der Waals surface area contributed by atoms with Gasteiger partial charge in [-0.15, -0.1) is 0 Å². The number of ether oxygens (including phenoxy) is 1. The van der Waals surface area contributed by atoms with E-state index in [-0.39, 0.29) is 17.8 Å². The third kappa shape index (κ3) is 3.21. The average Bonchev–Trinajstić information content (AvgIpc) is 2.10. The predicted molar refractivity (Wildman–Crippen MR) is 44.5 cm³/mol. The molecular formula is C9H18O2. The van der Waals surface area contributed by atoms with E-state index < -0.39 is 0 Å². The van der Waals surface area contributed by atoms with E-state index in [1.807, 2.05) is 0 Å². The summed E-state index contributed by atoms with van der Waals surface area (Å²) in [6, 6.07) is 0. The Kier molecular flexibility index (Phi) is 2.55. The summed E-state index contributed by atoms with van der Waals surface area (Å²) in [6.07, 6.45) is 2.89. The smallest absolute Gasteiger partial charge is 0.0607 e. The minimum absolute atomic E-state index is 0.0608. The van der Waals surface area contributed by atoms with E-state index in [0.29, 0.717) is 0 Å². The molecule has 0 saturated heterocycles. The Labute approximate surface area is 68.6 Å². The average molecular weight is 158 g/mol. The molecule has 0 amide bonds. The second kappa shape index (κ2) is 3.11. The Morgan fingerprint density at radius 3 is 2.27 bits per heavy atom. The highest BCUT2D eigenvalue weighted by Crippen LogP contribution is 2.25. The summed E-state index contributed by atoms with van der Waals surface area (Å²) in [7, 11) is 0. The number of rotatable bonds is 1. The van der Waals surface area contributed by atoms with Crippen molar-refractivity contribution in [3.8, 4) is 0 Å². The fraction of sp³-hybridized carbons (Fsp3) is 1.00. The molecule has 0 aromatic rings. The summed E-state index contributed by atoms with van der Waals surface area (Å²) < 4.78 is 5.71. The van der Waals surface area contributed by atoms with Gasteiger partial charge in [0, 0.05) is 0 Å². The molecule has 0 heterocycles. The summed E-state index contributed by atoms with van der Waals surface area (Å²) in [6.45, 7) is 6.16. The molecular weight excluding hydrogens is 140 g/mol. The summed E-state index contributed by atoms with van der Waals surface area (Å²) in [4.78, 5) is 0. The molecule has 1 aliphatic rings. The molecule has 1 N–H and O–H groups in total. The van der Waals surface area contributed by atoms with Crippen LogP contribution in [0.1, 0.15) is 40.0 Å². The highest BCUT2D eigenvalue weighted by molar-refractivity contribution is 4.77. The fourth-order valence-corrected chi connectivity index (χ4v) is 1.52. The van der Waals surface area contributed by atoms with Crippen molar-refractivity contribution in [1.82, 2.24) is 0 Å². The zero-order chi connectivity index (χ0) is 8.48. The number of aliphatic hydroxyl groups is 1. The fourth-order valence-electron chi connectivity index (χ4n) is 1.52. The Hall–Kier alpha value is -0.0800. The number of hydrogen-bond acceptors (Lipinski definition) is 2. The Morgan fingerprint density at radius 2 is 1.91 bits per heavy atom. The van der Waals surface area contributed by atoms with Crippen LogP contribution in [0, 0.1) is 0 Å². The second-order valence-electron chi connectivity index (χ2n) is 4.32. The van der Waals surface area contributed by atoms with Crippen molar-refractivity contribution in [2.24, 2.45) is 0 Å². The highest BCUT2D eigenvalue weighted by atomic mass is 16.5. The van der Waals surface area contributed by atoms with E-state index in [0.717, 1.165) is 19.3 Å². The van der Waals surface area contributed by atoms with Gasteiger partial charge in [-0.3, -0.25) is 0 Å². The number of hydrogen-bond donors (Lipinski definition) is 1. The lowest BCUT2D eigenvalue weighted by atomic mass is 10.1. The van der Waals surface area contributed by atoms with E-state index in [4.69, 9.17) is 4.74 Å². The van der Waals surface area contributed by atoms with E-state index in [9.17, 15) is 5.11 Å². The van der Waals surface area contributed by atoms with Gasteiger partial charge in [0.25, 0.3) is 0 Å². The summed E-state index contributed by atoms with van der Waals surface area (Å²) in [5, 5.41) is 9.22. The van der Waals surface area contributed by atoms with Gasteiger partial charge in [0.2, 0.25) is 0 Å². The first-order valence-corrected chi connectivity index (χ1v) is 4.33. The Bertz CT molecular complexity index is 126. The first-order valence-electron chi connectivity index (χ1n) is 4.33. The first-order chi connectivity index (χ1) is 4.97. The molecule has 66 valence electrons. The quantitative estimate of drug-likeness (QED) is 0.629. The SMILES string of the molecule is CC(C)(C)OC1CCC(O)C1. The minimum atomic E-state index is -0.123. The maximum absolute atomic E-state index is 9.22. The maximum atomic E-state index is 9.22. The number of aliphatic hydroxyl groups excluding tert-OH is 1. The van der Waals surface area contributed by atoms with Crippen LogP contribution in [0.4, 0.5) is 0 Å². The van der Waals surface area contributed by atoms with Gasteiger partial charge in [-0.1, -0.05) is 0 Å². The lowest BCUT2D eigenvalue weighted by Gasteiger charge is -2.24. The normalized spacial score (nSPS) is 32.7. The van der Waals surface area contributed by atoms with Crippen LogP contribution in [0.15, 0.2) is 0 Å². The van der Waals surface area contributed by atoms with E-state index in [2.05, 4.69) is 20.8 Å². The van der Waals surface area contributed by atoms with Crippen LogP contribution in [-0.2, 0) is 4.74 Å². The summed E-state index contributed by atoms with van der Waals surface area (Å²) in [5.41, 5.74) is -0.0608. The molecule has 2 heteroatoms. The molecule has 0 radical (unpaired) electrons. The molecule has 1 rings (SSSR count). The molecule has 2 atom stereocenters. The first kappa shape index (κ1) is 9.01. The van der Waals surface area contributed by atoms with Crippen molar-refractivity contribution in [2.45, 2.75) is 57.8 Å². The van der Waals surface area contributed by atoms with Gasteiger partial charge in [0.05, 0.1) is 17.8 Å². The molecule has 0 aliphatic heterocycles. The standard InChI is InChI=1S/C9H18O2/c1-9(2,3)11-8-5-4-7(10)6-8/h7-8,10H,4-6H2,1-3H3. The molecule has 11 heavy (non-hydrogen) atoms. The zero-order valence-electron chi connectivity index (χ0n) is 7.63. The van der Waals surface area contributed by atoms with Gasteiger partial charge in [-0.25, -0.2) is 0 Å². The van der Waals surface area contributed by atoms with Crippen LogP contribution in [-0.4, -0.2) is 22.9 Å². The van der Waals surface area contributed by atoms with E-state index >= 15 is 0 Å². The predicted octanol–water partition coefficient (Wildman–Crippen LogP) is 1.71. The van der Waals surface area contributed by atoms with Crippen molar-refractivity contribution < 1.29 is 9.84 Å². The van der Waals surface area contributed by atoms with E-state index in [1.165, 1.54) is 0 Å². The minimum Gasteiger partial charge on any atom is -0.393 e. The van der Waals surface area contributed by atoms with Gasteiger partial charge >= 0.3 is 0 Å². The molecule has 1 fully saturated rings. The van der Waals surface area contributed by atoms with Crippen LogP contribution < -0.4 is 0 Å². The zero-order valence-corrected chi connectivity index (χ0v) is 7.63.